The van der Waals surface area contributed by atoms with Crippen LogP contribution in [0.4, 0.5) is 0 Å². The van der Waals surface area contributed by atoms with Crippen LogP contribution in [-0.2, 0) is 4.74 Å². The lowest BCUT2D eigenvalue weighted by Crippen LogP contribution is -2.35. The molecule has 0 aliphatic heterocycles. The molecular formula is C15H23NO3. The van der Waals surface area contributed by atoms with Gasteiger partial charge in [0.05, 0.1) is 18.7 Å². The van der Waals surface area contributed by atoms with E-state index in [1.807, 2.05) is 26.0 Å². The molecule has 1 aromatic carbocycles. The molecule has 0 aromatic heterocycles. The maximum Gasteiger partial charge on any atom is 0.183 e. The number of ether oxygens (including phenoxy) is 2. The molecule has 0 saturated heterocycles. The fourth-order valence-corrected chi connectivity index (χ4v) is 1.81. The Labute approximate surface area is 115 Å². The summed E-state index contributed by atoms with van der Waals surface area (Å²) in [4.78, 5) is 12.3. The van der Waals surface area contributed by atoms with Gasteiger partial charge in [0.2, 0.25) is 0 Å². The Morgan fingerprint density at radius 2 is 2.11 bits per heavy atom. The summed E-state index contributed by atoms with van der Waals surface area (Å²) in [5.74, 6) is 0.671. The van der Waals surface area contributed by atoms with Gasteiger partial charge in [-0.2, -0.15) is 0 Å². The predicted molar refractivity (Wildman–Crippen MR) is 75.9 cm³/mol. The van der Waals surface area contributed by atoms with E-state index in [0.717, 1.165) is 26.2 Å². The van der Waals surface area contributed by atoms with Crippen LogP contribution < -0.4 is 10.1 Å². The molecule has 1 atom stereocenters. The topological polar surface area (TPSA) is 47.6 Å². The molecule has 0 spiro atoms. The second-order valence-electron chi connectivity index (χ2n) is 4.29. The van der Waals surface area contributed by atoms with Gasteiger partial charge >= 0.3 is 0 Å². The Kier molecular flexibility index (Phi) is 7.15. The normalized spacial score (nSPS) is 12.2. The van der Waals surface area contributed by atoms with E-state index in [2.05, 4.69) is 5.32 Å². The van der Waals surface area contributed by atoms with E-state index in [9.17, 15) is 4.79 Å². The number of rotatable bonds is 9. The minimum atomic E-state index is -0.224. The highest BCUT2D eigenvalue weighted by Crippen LogP contribution is 2.18. The highest BCUT2D eigenvalue weighted by molar-refractivity contribution is 6.02. The first-order valence-electron chi connectivity index (χ1n) is 6.69. The zero-order valence-corrected chi connectivity index (χ0v) is 11.9. The molecule has 0 radical (unpaired) electrons. The molecule has 0 fully saturated rings. The van der Waals surface area contributed by atoms with Crippen LogP contribution in [-0.4, -0.2) is 38.7 Å². The van der Waals surface area contributed by atoms with E-state index < -0.39 is 0 Å². The summed E-state index contributed by atoms with van der Waals surface area (Å²) in [6, 6.07) is 7.07. The van der Waals surface area contributed by atoms with Gasteiger partial charge < -0.3 is 14.8 Å². The Morgan fingerprint density at radius 3 is 2.79 bits per heavy atom. The number of para-hydroxylation sites is 1. The second kappa shape index (κ2) is 8.67. The van der Waals surface area contributed by atoms with Crippen LogP contribution in [0.1, 0.15) is 30.6 Å². The summed E-state index contributed by atoms with van der Waals surface area (Å²) in [6.45, 7) is 6.06. The molecule has 1 rings (SSSR count). The van der Waals surface area contributed by atoms with Crippen LogP contribution in [0.15, 0.2) is 24.3 Å². The number of hydrogen-bond donors (Lipinski definition) is 1. The van der Waals surface area contributed by atoms with E-state index in [1.165, 1.54) is 0 Å². The van der Waals surface area contributed by atoms with Gasteiger partial charge in [0.1, 0.15) is 5.75 Å². The van der Waals surface area contributed by atoms with Gasteiger partial charge in [-0.05, 0) is 38.9 Å². The molecule has 0 bridgehead atoms. The van der Waals surface area contributed by atoms with Crippen molar-refractivity contribution in [3.63, 3.8) is 0 Å². The number of benzene rings is 1. The highest BCUT2D eigenvalue weighted by Gasteiger charge is 2.17. The van der Waals surface area contributed by atoms with Crippen LogP contribution in [0.3, 0.4) is 0 Å². The first-order valence-corrected chi connectivity index (χ1v) is 6.69. The SMILES string of the molecule is CCOCCCNC(C)C(=O)c1ccccc1OC. The quantitative estimate of drug-likeness (QED) is 0.549. The van der Waals surface area contributed by atoms with Gasteiger partial charge in [0, 0.05) is 13.2 Å². The lowest BCUT2D eigenvalue weighted by Gasteiger charge is -2.14. The smallest absolute Gasteiger partial charge is 0.183 e. The van der Waals surface area contributed by atoms with Gasteiger partial charge in [0.25, 0.3) is 0 Å². The van der Waals surface area contributed by atoms with Crippen molar-refractivity contribution in [1.29, 1.82) is 0 Å². The summed E-state index contributed by atoms with van der Waals surface area (Å²) in [5, 5.41) is 3.21. The van der Waals surface area contributed by atoms with E-state index in [-0.39, 0.29) is 11.8 Å². The molecule has 1 N–H and O–H groups in total. The molecule has 1 unspecified atom stereocenters. The van der Waals surface area contributed by atoms with Crippen LogP contribution in [0, 0.1) is 0 Å². The number of ketones is 1. The van der Waals surface area contributed by atoms with Crippen molar-refractivity contribution in [3.8, 4) is 5.75 Å². The van der Waals surface area contributed by atoms with Crippen LogP contribution in [0.2, 0.25) is 0 Å². The van der Waals surface area contributed by atoms with Crippen molar-refractivity contribution >= 4 is 5.78 Å². The van der Waals surface area contributed by atoms with Crippen molar-refractivity contribution in [1.82, 2.24) is 5.32 Å². The number of methoxy groups -OCH3 is 1. The van der Waals surface area contributed by atoms with Crippen LogP contribution in [0.25, 0.3) is 0 Å². The van der Waals surface area contributed by atoms with E-state index in [0.29, 0.717) is 11.3 Å². The van der Waals surface area contributed by atoms with E-state index >= 15 is 0 Å². The lowest BCUT2D eigenvalue weighted by atomic mass is 10.0. The highest BCUT2D eigenvalue weighted by atomic mass is 16.5. The minimum Gasteiger partial charge on any atom is -0.496 e. The molecule has 0 aliphatic rings. The maximum absolute atomic E-state index is 12.3. The molecule has 4 nitrogen and oxygen atoms in total. The van der Waals surface area contributed by atoms with Crippen molar-refractivity contribution < 1.29 is 14.3 Å². The summed E-state index contributed by atoms with van der Waals surface area (Å²) < 4.78 is 10.5. The minimum absolute atomic E-state index is 0.0499. The van der Waals surface area contributed by atoms with Gasteiger partial charge in [-0.1, -0.05) is 12.1 Å². The zero-order chi connectivity index (χ0) is 14.1. The van der Waals surface area contributed by atoms with E-state index in [1.54, 1.807) is 19.2 Å². The molecule has 1 aromatic rings. The van der Waals surface area contributed by atoms with Gasteiger partial charge in [-0.25, -0.2) is 0 Å². The third-order valence-corrected chi connectivity index (χ3v) is 2.89. The first-order chi connectivity index (χ1) is 9.20. The fraction of sp³-hybridized carbons (Fsp3) is 0.533. The van der Waals surface area contributed by atoms with Gasteiger partial charge in [-0.15, -0.1) is 0 Å². The van der Waals surface area contributed by atoms with Crippen molar-refractivity contribution in [2.24, 2.45) is 0 Å². The predicted octanol–water partition coefficient (Wildman–Crippen LogP) is 2.28. The Hall–Kier alpha value is -1.39. The van der Waals surface area contributed by atoms with E-state index in [4.69, 9.17) is 9.47 Å². The summed E-state index contributed by atoms with van der Waals surface area (Å²) in [7, 11) is 1.58. The Balaban J connectivity index is 2.47. The Bertz CT molecular complexity index is 393. The number of nitrogens with one attached hydrogen (secondary N) is 1. The molecule has 4 heteroatoms. The van der Waals surface area contributed by atoms with Gasteiger partial charge in [-0.3, -0.25) is 4.79 Å². The summed E-state index contributed by atoms with van der Waals surface area (Å²) >= 11 is 0. The first kappa shape index (κ1) is 15.7. The molecule has 19 heavy (non-hydrogen) atoms. The Morgan fingerprint density at radius 1 is 1.37 bits per heavy atom. The molecule has 0 aliphatic carbocycles. The standard InChI is InChI=1S/C15H23NO3/c1-4-19-11-7-10-16-12(2)15(17)13-8-5-6-9-14(13)18-3/h5-6,8-9,12,16H,4,7,10-11H2,1-3H3. The number of carbonyl (C=O) groups excluding carboxylic acids is 1. The third-order valence-electron chi connectivity index (χ3n) is 2.89. The average Bonchev–Trinajstić information content (AvgIpc) is 2.46. The molecule has 106 valence electrons. The van der Waals surface area contributed by atoms with Crippen molar-refractivity contribution in [2.75, 3.05) is 26.9 Å². The number of Topliss-reactive ketones (excluding diaryl/α,β-unsaturated/α-hetero) is 1. The molecule has 0 heterocycles. The molecule has 0 saturated carbocycles. The zero-order valence-electron chi connectivity index (χ0n) is 11.9. The van der Waals surface area contributed by atoms with Gasteiger partial charge in [0.15, 0.2) is 5.78 Å². The van der Waals surface area contributed by atoms with Crippen molar-refractivity contribution in [3.05, 3.63) is 29.8 Å². The van der Waals surface area contributed by atoms with Crippen LogP contribution >= 0.6 is 0 Å². The van der Waals surface area contributed by atoms with Crippen LogP contribution in [0.5, 0.6) is 5.75 Å². The summed E-state index contributed by atoms with van der Waals surface area (Å²) in [5.41, 5.74) is 0.620. The molecular weight excluding hydrogens is 242 g/mol. The molecule has 0 amide bonds. The largest absolute Gasteiger partial charge is 0.496 e. The lowest BCUT2D eigenvalue weighted by molar-refractivity contribution is 0.0943. The second-order valence-corrected chi connectivity index (χ2v) is 4.29. The average molecular weight is 265 g/mol. The number of carbonyl (C=O) groups is 1. The third kappa shape index (κ3) is 5.01. The number of hydrogen-bond acceptors (Lipinski definition) is 4. The van der Waals surface area contributed by atoms with Crippen molar-refractivity contribution in [2.45, 2.75) is 26.3 Å². The maximum atomic E-state index is 12.3. The fourth-order valence-electron chi connectivity index (χ4n) is 1.81. The summed E-state index contributed by atoms with van der Waals surface area (Å²) in [6.07, 6.45) is 0.900. The monoisotopic (exact) mass is 265 g/mol.